The largest absolute Gasteiger partial charge is 0.463 e. The summed E-state index contributed by atoms with van der Waals surface area (Å²) in [7, 11) is 0. The molecule has 2 atom stereocenters. The van der Waals surface area contributed by atoms with Gasteiger partial charge in [0.05, 0.1) is 11.6 Å². The summed E-state index contributed by atoms with van der Waals surface area (Å²) >= 11 is 0. The van der Waals surface area contributed by atoms with Crippen molar-refractivity contribution in [1.82, 2.24) is 0 Å². The highest BCUT2D eigenvalue weighted by Crippen LogP contribution is 2.31. The molecule has 0 radical (unpaired) electrons. The number of aliphatic imine (C=N–C) groups is 1. The first kappa shape index (κ1) is 13.7. The number of ether oxygens (including phenoxy) is 1. The zero-order chi connectivity index (χ0) is 14.0. The van der Waals surface area contributed by atoms with Gasteiger partial charge in [0.1, 0.15) is 6.61 Å². The number of nitrogens with two attached hydrogens (primary N) is 1. The van der Waals surface area contributed by atoms with E-state index in [0.717, 1.165) is 17.7 Å². The smallest absolute Gasteiger partial charge is 0.416 e. The van der Waals surface area contributed by atoms with Crippen molar-refractivity contribution in [2.45, 2.75) is 31.5 Å². The van der Waals surface area contributed by atoms with E-state index < -0.39 is 11.7 Å². The van der Waals surface area contributed by atoms with Crippen LogP contribution < -0.4 is 5.73 Å². The van der Waals surface area contributed by atoms with E-state index in [2.05, 4.69) is 4.99 Å². The minimum Gasteiger partial charge on any atom is -0.463 e. The van der Waals surface area contributed by atoms with Gasteiger partial charge in [-0.05, 0) is 30.0 Å². The molecule has 1 heterocycles. The van der Waals surface area contributed by atoms with Gasteiger partial charge >= 0.3 is 6.18 Å². The Morgan fingerprint density at radius 1 is 1.37 bits per heavy atom. The number of alkyl halides is 3. The molecule has 1 aromatic carbocycles. The number of hydrogen-bond acceptors (Lipinski definition) is 3. The summed E-state index contributed by atoms with van der Waals surface area (Å²) in [4.78, 5) is 4.10. The van der Waals surface area contributed by atoms with Crippen LogP contribution in [-0.2, 0) is 10.9 Å². The summed E-state index contributed by atoms with van der Waals surface area (Å²) in [5.74, 6) is 0.102. The Morgan fingerprint density at radius 3 is 2.47 bits per heavy atom. The number of halogens is 3. The molecule has 6 heteroatoms. The van der Waals surface area contributed by atoms with Gasteiger partial charge in [-0.1, -0.05) is 19.1 Å². The van der Waals surface area contributed by atoms with Crippen LogP contribution in [0, 0.1) is 0 Å². The van der Waals surface area contributed by atoms with E-state index in [1.807, 2.05) is 6.92 Å². The minimum atomic E-state index is -4.29. The van der Waals surface area contributed by atoms with Gasteiger partial charge in [-0.25, -0.2) is 4.99 Å². The summed E-state index contributed by atoms with van der Waals surface area (Å²) in [6, 6.07) is 5.40. The van der Waals surface area contributed by atoms with Gasteiger partial charge in [0.15, 0.2) is 0 Å². The van der Waals surface area contributed by atoms with Crippen molar-refractivity contribution in [3.63, 3.8) is 0 Å². The predicted molar refractivity (Wildman–Crippen MR) is 65.8 cm³/mol. The van der Waals surface area contributed by atoms with Crippen molar-refractivity contribution < 1.29 is 17.9 Å². The standard InChI is InChI=1S/C13H15F3N2O/c1-8(6-11-7-19-12(17)18-11)9-2-4-10(5-3-9)13(14,15)16/h2-5,8,11H,6-7H2,1H3,(H2,17,18)/t8?,11-/m0/s1. The van der Waals surface area contributed by atoms with Crippen LogP contribution in [0.1, 0.15) is 30.4 Å². The fourth-order valence-corrected chi connectivity index (χ4v) is 2.10. The fourth-order valence-electron chi connectivity index (χ4n) is 2.10. The van der Waals surface area contributed by atoms with Crippen molar-refractivity contribution in [1.29, 1.82) is 0 Å². The SMILES string of the molecule is CC(C[C@H]1COC(N)=N1)c1ccc(C(F)(F)F)cc1. The predicted octanol–water partition coefficient (Wildman–Crippen LogP) is 2.91. The van der Waals surface area contributed by atoms with E-state index in [1.165, 1.54) is 12.1 Å². The van der Waals surface area contributed by atoms with Gasteiger partial charge in [0.2, 0.25) is 0 Å². The molecule has 104 valence electrons. The first-order valence-electron chi connectivity index (χ1n) is 5.99. The quantitative estimate of drug-likeness (QED) is 0.919. The van der Waals surface area contributed by atoms with E-state index >= 15 is 0 Å². The van der Waals surface area contributed by atoms with E-state index in [-0.39, 0.29) is 18.0 Å². The van der Waals surface area contributed by atoms with Crippen LogP contribution in [0.25, 0.3) is 0 Å². The van der Waals surface area contributed by atoms with E-state index in [1.54, 1.807) is 0 Å². The summed E-state index contributed by atoms with van der Waals surface area (Å²) in [5.41, 5.74) is 5.64. The first-order chi connectivity index (χ1) is 8.86. The Labute approximate surface area is 109 Å². The first-order valence-corrected chi connectivity index (χ1v) is 5.99. The Kier molecular flexibility index (Phi) is 3.68. The van der Waals surface area contributed by atoms with Crippen LogP contribution in [0.2, 0.25) is 0 Å². The second-order valence-corrected chi connectivity index (χ2v) is 4.69. The molecule has 19 heavy (non-hydrogen) atoms. The molecule has 0 aromatic heterocycles. The maximum absolute atomic E-state index is 12.4. The Hall–Kier alpha value is -1.72. The lowest BCUT2D eigenvalue weighted by molar-refractivity contribution is -0.137. The molecule has 2 N–H and O–H groups in total. The normalized spacial score (nSPS) is 20.8. The number of hydrogen-bond donors (Lipinski definition) is 1. The number of benzene rings is 1. The lowest BCUT2D eigenvalue weighted by Gasteiger charge is -2.15. The minimum absolute atomic E-state index is 0.0164. The zero-order valence-electron chi connectivity index (χ0n) is 10.4. The Balaban J connectivity index is 2.02. The van der Waals surface area contributed by atoms with Gasteiger partial charge in [-0.2, -0.15) is 13.2 Å². The molecule has 3 nitrogen and oxygen atoms in total. The number of rotatable bonds is 3. The van der Waals surface area contributed by atoms with Crippen molar-refractivity contribution in [3.05, 3.63) is 35.4 Å². The van der Waals surface area contributed by atoms with E-state index in [4.69, 9.17) is 10.5 Å². The number of amidine groups is 1. The van der Waals surface area contributed by atoms with Crippen LogP contribution in [0.15, 0.2) is 29.3 Å². The Bertz CT molecular complexity index is 468. The lowest BCUT2D eigenvalue weighted by atomic mass is 9.93. The summed E-state index contributed by atoms with van der Waals surface area (Å²) in [6.45, 7) is 2.39. The molecule has 0 saturated carbocycles. The van der Waals surface area contributed by atoms with Gasteiger partial charge in [0.25, 0.3) is 6.02 Å². The van der Waals surface area contributed by atoms with Crippen LogP contribution in [-0.4, -0.2) is 18.7 Å². The van der Waals surface area contributed by atoms with Crippen LogP contribution in [0.3, 0.4) is 0 Å². The van der Waals surface area contributed by atoms with Gasteiger partial charge < -0.3 is 10.5 Å². The zero-order valence-corrected chi connectivity index (χ0v) is 10.4. The third-order valence-electron chi connectivity index (χ3n) is 3.17. The van der Waals surface area contributed by atoms with Crippen molar-refractivity contribution in [2.24, 2.45) is 10.7 Å². The van der Waals surface area contributed by atoms with Crippen molar-refractivity contribution in [3.8, 4) is 0 Å². The second-order valence-electron chi connectivity index (χ2n) is 4.69. The molecule has 0 fully saturated rings. The van der Waals surface area contributed by atoms with E-state index in [0.29, 0.717) is 13.0 Å². The monoisotopic (exact) mass is 272 g/mol. The third-order valence-corrected chi connectivity index (χ3v) is 3.17. The molecule has 0 spiro atoms. The molecular formula is C13H15F3N2O. The molecule has 1 aliphatic heterocycles. The maximum Gasteiger partial charge on any atom is 0.416 e. The molecule has 0 aliphatic carbocycles. The summed E-state index contributed by atoms with van der Waals surface area (Å²) in [6.07, 6.45) is -3.59. The average molecular weight is 272 g/mol. The maximum atomic E-state index is 12.4. The molecule has 1 aliphatic rings. The van der Waals surface area contributed by atoms with Crippen LogP contribution >= 0.6 is 0 Å². The fraction of sp³-hybridized carbons (Fsp3) is 0.462. The summed E-state index contributed by atoms with van der Waals surface area (Å²) < 4.78 is 42.4. The third kappa shape index (κ3) is 3.39. The molecule has 1 unspecified atom stereocenters. The topological polar surface area (TPSA) is 47.6 Å². The van der Waals surface area contributed by atoms with Crippen molar-refractivity contribution >= 4 is 6.02 Å². The van der Waals surface area contributed by atoms with Gasteiger partial charge in [-0.15, -0.1) is 0 Å². The highest BCUT2D eigenvalue weighted by Gasteiger charge is 2.30. The highest BCUT2D eigenvalue weighted by molar-refractivity contribution is 5.73. The van der Waals surface area contributed by atoms with Crippen molar-refractivity contribution in [2.75, 3.05) is 6.61 Å². The van der Waals surface area contributed by atoms with Gasteiger partial charge in [-0.3, -0.25) is 0 Å². The Morgan fingerprint density at radius 2 is 2.00 bits per heavy atom. The molecule has 0 amide bonds. The van der Waals surface area contributed by atoms with E-state index in [9.17, 15) is 13.2 Å². The highest BCUT2D eigenvalue weighted by atomic mass is 19.4. The number of nitrogens with zero attached hydrogens (tertiary/aromatic N) is 1. The van der Waals surface area contributed by atoms with Gasteiger partial charge in [0, 0.05) is 0 Å². The van der Waals surface area contributed by atoms with Crippen LogP contribution in [0.4, 0.5) is 13.2 Å². The molecule has 2 rings (SSSR count). The average Bonchev–Trinajstić information content (AvgIpc) is 2.74. The molecule has 1 aromatic rings. The second kappa shape index (κ2) is 5.11. The summed E-state index contributed by atoms with van der Waals surface area (Å²) in [5, 5.41) is 0. The lowest BCUT2D eigenvalue weighted by Crippen LogP contribution is -2.11. The molecular weight excluding hydrogens is 257 g/mol. The molecule has 0 saturated heterocycles. The van der Waals surface area contributed by atoms with Crippen LogP contribution in [0.5, 0.6) is 0 Å². The molecule has 0 bridgehead atoms.